The van der Waals surface area contributed by atoms with Crippen LogP contribution in [-0.4, -0.2) is 28.2 Å². The van der Waals surface area contributed by atoms with E-state index in [4.69, 9.17) is 0 Å². The summed E-state index contributed by atoms with van der Waals surface area (Å²) < 4.78 is 26.8. The Labute approximate surface area is 163 Å². The Morgan fingerprint density at radius 2 is 1.89 bits per heavy atom. The van der Waals surface area contributed by atoms with Crippen molar-refractivity contribution < 1.29 is 18.4 Å². The number of hydrogen-bond acceptors (Lipinski definition) is 4. The van der Waals surface area contributed by atoms with Crippen LogP contribution in [0.15, 0.2) is 48.5 Å². The summed E-state index contributed by atoms with van der Waals surface area (Å²) in [4.78, 5) is 31.9. The van der Waals surface area contributed by atoms with Gasteiger partial charge in [-0.3, -0.25) is 14.9 Å². The van der Waals surface area contributed by atoms with Gasteiger partial charge in [0.2, 0.25) is 0 Å². The van der Waals surface area contributed by atoms with Gasteiger partial charge in [0.15, 0.2) is 5.13 Å². The lowest BCUT2D eigenvalue weighted by molar-refractivity contribution is 0.0736. The molecule has 0 atom stereocenters. The molecule has 0 saturated heterocycles. The molecule has 1 aliphatic rings. The molecule has 0 saturated carbocycles. The van der Waals surface area contributed by atoms with Gasteiger partial charge in [-0.25, -0.2) is 13.8 Å². The molecule has 1 N–H and O–H groups in total. The number of benzene rings is 2. The van der Waals surface area contributed by atoms with Crippen LogP contribution in [0.3, 0.4) is 0 Å². The van der Waals surface area contributed by atoms with E-state index in [2.05, 4.69) is 10.3 Å². The van der Waals surface area contributed by atoms with E-state index in [-0.39, 0.29) is 11.5 Å². The third-order valence-electron chi connectivity index (χ3n) is 4.44. The van der Waals surface area contributed by atoms with Crippen molar-refractivity contribution in [3.8, 4) is 0 Å². The molecule has 28 heavy (non-hydrogen) atoms. The minimum atomic E-state index is -0.932. The zero-order chi connectivity index (χ0) is 19.7. The van der Waals surface area contributed by atoms with Gasteiger partial charge in [-0.2, -0.15) is 0 Å². The molecule has 4 rings (SSSR count). The first-order chi connectivity index (χ1) is 13.5. The van der Waals surface area contributed by atoms with E-state index >= 15 is 0 Å². The molecule has 0 fully saturated rings. The van der Waals surface area contributed by atoms with Crippen LogP contribution in [0.5, 0.6) is 0 Å². The molecule has 5 nitrogen and oxygen atoms in total. The maximum absolute atomic E-state index is 13.8. The molecular formula is C20H15F2N3O2S. The van der Waals surface area contributed by atoms with Gasteiger partial charge in [0.25, 0.3) is 11.8 Å². The highest BCUT2D eigenvalue weighted by Crippen LogP contribution is 2.29. The van der Waals surface area contributed by atoms with Gasteiger partial charge in [-0.1, -0.05) is 29.5 Å². The van der Waals surface area contributed by atoms with Gasteiger partial charge < -0.3 is 4.90 Å². The number of nitrogens with one attached hydrogen (secondary N) is 1. The monoisotopic (exact) mass is 399 g/mol. The molecule has 8 heteroatoms. The van der Waals surface area contributed by atoms with Crippen LogP contribution >= 0.6 is 11.3 Å². The molecule has 0 unspecified atom stereocenters. The number of anilines is 1. The number of carbonyl (C=O) groups excluding carboxylic acids is 2. The van der Waals surface area contributed by atoms with E-state index in [9.17, 15) is 18.4 Å². The first-order valence-electron chi connectivity index (χ1n) is 8.60. The molecule has 2 heterocycles. The highest BCUT2D eigenvalue weighted by molar-refractivity contribution is 7.15. The second kappa shape index (κ2) is 7.47. The maximum Gasteiger partial charge on any atom is 0.260 e. The van der Waals surface area contributed by atoms with E-state index < -0.39 is 17.5 Å². The van der Waals surface area contributed by atoms with Crippen LogP contribution in [-0.2, 0) is 13.0 Å². The number of nitrogens with zero attached hydrogens (tertiary/aromatic N) is 2. The Kier molecular flexibility index (Phi) is 4.87. The second-order valence-corrected chi connectivity index (χ2v) is 7.39. The number of aromatic nitrogens is 1. The Bertz CT molecular complexity index is 1050. The Balaban J connectivity index is 1.48. The molecule has 142 valence electrons. The highest BCUT2D eigenvalue weighted by atomic mass is 32.1. The summed E-state index contributed by atoms with van der Waals surface area (Å²) >= 11 is 1.25. The van der Waals surface area contributed by atoms with Crippen LogP contribution in [0.1, 0.15) is 31.3 Å². The van der Waals surface area contributed by atoms with Crippen LogP contribution in [0.2, 0.25) is 0 Å². The summed E-state index contributed by atoms with van der Waals surface area (Å²) in [6, 6.07) is 11.8. The highest BCUT2D eigenvalue weighted by Gasteiger charge is 2.25. The SMILES string of the molecule is O=C(Nc1nc2c(s1)CN(C(=O)c1ccccc1)CC2)c1ccc(F)cc1F. The lowest BCUT2D eigenvalue weighted by Gasteiger charge is -2.26. The fourth-order valence-electron chi connectivity index (χ4n) is 3.02. The summed E-state index contributed by atoms with van der Waals surface area (Å²) in [6.45, 7) is 0.936. The van der Waals surface area contributed by atoms with Gasteiger partial charge in [0.05, 0.1) is 17.8 Å². The first-order valence-corrected chi connectivity index (χ1v) is 9.42. The van der Waals surface area contributed by atoms with Crippen LogP contribution in [0.25, 0.3) is 0 Å². The maximum atomic E-state index is 13.8. The van der Waals surface area contributed by atoms with Crippen molar-refractivity contribution in [2.24, 2.45) is 0 Å². The number of hydrogen-bond donors (Lipinski definition) is 1. The van der Waals surface area contributed by atoms with Crippen LogP contribution in [0.4, 0.5) is 13.9 Å². The Hall–Kier alpha value is -3.13. The Morgan fingerprint density at radius 3 is 2.64 bits per heavy atom. The standard InChI is InChI=1S/C20H15F2N3O2S/c21-13-6-7-14(15(22)10-13)18(26)24-20-23-16-8-9-25(11-17(16)28-20)19(27)12-4-2-1-3-5-12/h1-7,10H,8-9,11H2,(H,23,24,26). The van der Waals surface area contributed by atoms with Crippen LogP contribution < -0.4 is 5.32 Å². The van der Waals surface area contributed by atoms with Gasteiger partial charge >= 0.3 is 0 Å². The average Bonchev–Trinajstić information content (AvgIpc) is 3.09. The van der Waals surface area contributed by atoms with Crippen molar-refractivity contribution in [2.75, 3.05) is 11.9 Å². The van der Waals surface area contributed by atoms with Gasteiger partial charge in [0, 0.05) is 29.5 Å². The zero-order valence-electron chi connectivity index (χ0n) is 14.6. The van der Waals surface area contributed by atoms with E-state index in [0.717, 1.165) is 22.7 Å². The van der Waals surface area contributed by atoms with Crippen molar-refractivity contribution >= 4 is 28.3 Å². The van der Waals surface area contributed by atoms with Crippen molar-refractivity contribution in [3.05, 3.63) is 81.9 Å². The zero-order valence-corrected chi connectivity index (χ0v) is 15.4. The fourth-order valence-corrected chi connectivity index (χ4v) is 4.04. The topological polar surface area (TPSA) is 62.3 Å². The quantitative estimate of drug-likeness (QED) is 0.727. The number of rotatable bonds is 3. The van der Waals surface area contributed by atoms with Crippen molar-refractivity contribution in [2.45, 2.75) is 13.0 Å². The molecule has 1 aliphatic heterocycles. The molecule has 0 radical (unpaired) electrons. The summed E-state index contributed by atoms with van der Waals surface area (Å²) in [7, 11) is 0. The molecule has 1 aromatic heterocycles. The smallest absolute Gasteiger partial charge is 0.260 e. The number of amides is 2. The number of carbonyl (C=O) groups is 2. The number of fused-ring (bicyclic) bond motifs is 1. The van der Waals surface area contributed by atoms with Gasteiger partial charge in [-0.15, -0.1) is 0 Å². The second-order valence-electron chi connectivity index (χ2n) is 6.31. The van der Waals surface area contributed by atoms with Crippen molar-refractivity contribution in [1.29, 1.82) is 0 Å². The number of thiazole rings is 1. The third-order valence-corrected chi connectivity index (χ3v) is 5.43. The predicted molar refractivity (Wildman–Crippen MR) is 101 cm³/mol. The molecule has 0 bridgehead atoms. The number of halogens is 2. The summed E-state index contributed by atoms with van der Waals surface area (Å²) in [6.07, 6.45) is 0.575. The predicted octanol–water partition coefficient (Wildman–Crippen LogP) is 3.87. The molecule has 0 spiro atoms. The molecular weight excluding hydrogens is 384 g/mol. The molecule has 2 aromatic carbocycles. The third kappa shape index (κ3) is 3.63. The Morgan fingerprint density at radius 1 is 1.11 bits per heavy atom. The molecule has 3 aromatic rings. The summed E-state index contributed by atoms with van der Waals surface area (Å²) in [5.74, 6) is -2.43. The fraction of sp³-hybridized carbons (Fsp3) is 0.150. The lowest BCUT2D eigenvalue weighted by Crippen LogP contribution is -2.35. The largest absolute Gasteiger partial charge is 0.333 e. The minimum absolute atomic E-state index is 0.0568. The van der Waals surface area contributed by atoms with Crippen molar-refractivity contribution in [3.63, 3.8) is 0 Å². The van der Waals surface area contributed by atoms with E-state index in [1.807, 2.05) is 18.2 Å². The van der Waals surface area contributed by atoms with E-state index in [0.29, 0.717) is 36.3 Å². The van der Waals surface area contributed by atoms with Gasteiger partial charge in [0.1, 0.15) is 11.6 Å². The molecule has 2 amide bonds. The lowest BCUT2D eigenvalue weighted by atomic mass is 10.1. The van der Waals surface area contributed by atoms with E-state index in [1.165, 1.54) is 11.3 Å². The average molecular weight is 399 g/mol. The summed E-state index contributed by atoms with van der Waals surface area (Å²) in [5, 5.41) is 2.88. The normalized spacial score (nSPS) is 13.1. The minimum Gasteiger partial charge on any atom is -0.333 e. The van der Waals surface area contributed by atoms with Crippen LogP contribution in [0, 0.1) is 11.6 Å². The first kappa shape index (κ1) is 18.2. The molecule has 0 aliphatic carbocycles. The van der Waals surface area contributed by atoms with Gasteiger partial charge in [-0.05, 0) is 24.3 Å². The van der Waals surface area contributed by atoms with E-state index in [1.54, 1.807) is 17.0 Å². The van der Waals surface area contributed by atoms with Crippen molar-refractivity contribution in [1.82, 2.24) is 9.88 Å². The summed E-state index contributed by atoms with van der Waals surface area (Å²) in [5.41, 5.74) is 1.18.